The number of rotatable bonds is 2. The van der Waals surface area contributed by atoms with Crippen LogP contribution in [0.1, 0.15) is 17.0 Å². The Labute approximate surface area is 104 Å². The fourth-order valence-corrected chi connectivity index (χ4v) is 2.14. The fraction of sp³-hybridized carbons (Fsp3) is 0.286. The zero-order chi connectivity index (χ0) is 12.5. The van der Waals surface area contributed by atoms with Crippen LogP contribution in [0.4, 0.5) is 0 Å². The second-order valence-electron chi connectivity index (χ2n) is 4.36. The first-order valence-corrected chi connectivity index (χ1v) is 5.89. The maximum Gasteiger partial charge on any atom is 0.210 e. The van der Waals surface area contributed by atoms with E-state index in [0.717, 1.165) is 5.39 Å². The molecular formula is C14H12O4. The van der Waals surface area contributed by atoms with E-state index in [1.54, 1.807) is 12.1 Å². The van der Waals surface area contributed by atoms with Gasteiger partial charge in [0.15, 0.2) is 5.76 Å². The number of Topliss-reactive ketones (excluding diaryl/α,β-unsaturated/α-hetero) is 2. The molecule has 0 aliphatic carbocycles. The predicted molar refractivity (Wildman–Crippen MR) is 64.5 cm³/mol. The van der Waals surface area contributed by atoms with Crippen LogP contribution in [0.15, 0.2) is 34.7 Å². The van der Waals surface area contributed by atoms with E-state index < -0.39 is 5.92 Å². The molecule has 1 aromatic carbocycles. The minimum atomic E-state index is -0.709. The van der Waals surface area contributed by atoms with E-state index >= 15 is 0 Å². The van der Waals surface area contributed by atoms with E-state index in [9.17, 15) is 9.59 Å². The largest absolute Gasteiger partial charge is 0.453 e. The summed E-state index contributed by atoms with van der Waals surface area (Å²) in [7, 11) is 0. The Morgan fingerprint density at radius 3 is 2.89 bits per heavy atom. The van der Waals surface area contributed by atoms with Crippen LogP contribution in [0.5, 0.6) is 0 Å². The summed E-state index contributed by atoms with van der Waals surface area (Å²) in [4.78, 5) is 23.9. The third-order valence-electron chi connectivity index (χ3n) is 3.15. The minimum Gasteiger partial charge on any atom is -0.453 e. The van der Waals surface area contributed by atoms with Crippen molar-refractivity contribution in [3.8, 4) is 0 Å². The van der Waals surface area contributed by atoms with Gasteiger partial charge in [0.05, 0.1) is 13.2 Å². The molecule has 1 fully saturated rings. The average Bonchev–Trinajstić information content (AvgIpc) is 2.82. The Kier molecular flexibility index (Phi) is 2.72. The summed E-state index contributed by atoms with van der Waals surface area (Å²) >= 11 is 0. The van der Waals surface area contributed by atoms with Gasteiger partial charge in [-0.25, -0.2) is 0 Å². The highest BCUT2D eigenvalue weighted by atomic mass is 16.5. The number of carbonyl (C=O) groups excluding carboxylic acids is 2. The van der Waals surface area contributed by atoms with Crippen molar-refractivity contribution in [2.75, 3.05) is 13.2 Å². The topological polar surface area (TPSA) is 56.5 Å². The molecule has 0 bridgehead atoms. The van der Waals surface area contributed by atoms with Gasteiger partial charge in [0.25, 0.3) is 0 Å². The normalized spacial score (nSPS) is 20.2. The Bertz CT molecular complexity index is 578. The smallest absolute Gasteiger partial charge is 0.210 e. The van der Waals surface area contributed by atoms with Crippen LogP contribution in [0.3, 0.4) is 0 Å². The van der Waals surface area contributed by atoms with Gasteiger partial charge in [-0.05, 0) is 12.1 Å². The zero-order valence-corrected chi connectivity index (χ0v) is 9.72. The van der Waals surface area contributed by atoms with Crippen molar-refractivity contribution >= 4 is 22.5 Å². The molecule has 0 saturated carbocycles. The lowest BCUT2D eigenvalue weighted by Crippen LogP contribution is -2.33. The molecule has 1 unspecified atom stereocenters. The van der Waals surface area contributed by atoms with Crippen LogP contribution in [-0.2, 0) is 9.53 Å². The number of hydrogen-bond acceptors (Lipinski definition) is 4. The van der Waals surface area contributed by atoms with Crippen LogP contribution >= 0.6 is 0 Å². The predicted octanol–water partition coefficient (Wildman–Crippen LogP) is 2.22. The van der Waals surface area contributed by atoms with Gasteiger partial charge in [-0.15, -0.1) is 0 Å². The number of hydrogen-bond donors (Lipinski definition) is 0. The highest BCUT2D eigenvalue weighted by Gasteiger charge is 2.32. The van der Waals surface area contributed by atoms with Crippen molar-refractivity contribution in [1.82, 2.24) is 0 Å². The average molecular weight is 244 g/mol. The van der Waals surface area contributed by atoms with E-state index in [4.69, 9.17) is 9.15 Å². The molecule has 1 aromatic heterocycles. The van der Waals surface area contributed by atoms with E-state index in [1.807, 2.05) is 18.2 Å². The van der Waals surface area contributed by atoms with Gasteiger partial charge in [0, 0.05) is 11.8 Å². The van der Waals surface area contributed by atoms with Crippen molar-refractivity contribution in [2.24, 2.45) is 5.92 Å². The lowest BCUT2D eigenvalue weighted by molar-refractivity contribution is -0.128. The molecule has 2 heterocycles. The molecule has 1 aliphatic heterocycles. The molecule has 92 valence electrons. The zero-order valence-electron chi connectivity index (χ0n) is 9.72. The molecule has 1 aliphatic rings. The van der Waals surface area contributed by atoms with Gasteiger partial charge in [-0.1, -0.05) is 18.2 Å². The number of furan rings is 1. The summed E-state index contributed by atoms with van der Waals surface area (Å²) in [6.07, 6.45) is 0.302. The highest BCUT2D eigenvalue weighted by molar-refractivity contribution is 6.11. The standard InChI is InChI=1S/C14H12O4/c15-11-5-6-17-8-10(11)14(16)13-7-9-3-1-2-4-12(9)18-13/h1-4,7,10H,5-6,8H2. The van der Waals surface area contributed by atoms with Crippen molar-refractivity contribution in [3.05, 3.63) is 36.1 Å². The van der Waals surface area contributed by atoms with Crippen LogP contribution in [-0.4, -0.2) is 24.8 Å². The third-order valence-corrected chi connectivity index (χ3v) is 3.15. The molecule has 3 rings (SSSR count). The SMILES string of the molecule is O=C1CCOCC1C(=O)c1cc2ccccc2o1. The van der Waals surface area contributed by atoms with Gasteiger partial charge >= 0.3 is 0 Å². The van der Waals surface area contributed by atoms with Crippen molar-refractivity contribution in [1.29, 1.82) is 0 Å². The summed E-state index contributed by atoms with van der Waals surface area (Å²) in [5.41, 5.74) is 0.657. The van der Waals surface area contributed by atoms with Gasteiger partial charge < -0.3 is 9.15 Å². The van der Waals surface area contributed by atoms with Gasteiger partial charge in [0.1, 0.15) is 17.3 Å². The maximum absolute atomic E-state index is 12.2. The van der Waals surface area contributed by atoms with Gasteiger partial charge in [-0.3, -0.25) is 9.59 Å². The summed E-state index contributed by atoms with van der Waals surface area (Å²) in [5, 5.41) is 0.866. The first kappa shape index (κ1) is 11.2. The van der Waals surface area contributed by atoms with E-state index in [2.05, 4.69) is 0 Å². The monoisotopic (exact) mass is 244 g/mol. The van der Waals surface area contributed by atoms with E-state index in [1.165, 1.54) is 0 Å². The Morgan fingerprint density at radius 1 is 1.28 bits per heavy atom. The summed E-state index contributed by atoms with van der Waals surface area (Å²) in [5.74, 6) is -0.818. The first-order chi connectivity index (χ1) is 8.75. The van der Waals surface area contributed by atoms with E-state index in [0.29, 0.717) is 18.6 Å². The van der Waals surface area contributed by atoms with Crippen molar-refractivity contribution < 1.29 is 18.7 Å². The van der Waals surface area contributed by atoms with Crippen LogP contribution in [0, 0.1) is 5.92 Å². The molecular weight excluding hydrogens is 232 g/mol. The molecule has 4 nitrogen and oxygen atoms in total. The van der Waals surface area contributed by atoms with E-state index in [-0.39, 0.29) is 23.9 Å². The summed E-state index contributed by atoms with van der Waals surface area (Å²) in [6.45, 7) is 0.567. The molecule has 4 heteroatoms. The molecule has 0 radical (unpaired) electrons. The molecule has 0 N–H and O–H groups in total. The lowest BCUT2D eigenvalue weighted by atomic mass is 9.94. The fourth-order valence-electron chi connectivity index (χ4n) is 2.14. The lowest BCUT2D eigenvalue weighted by Gasteiger charge is -2.18. The molecule has 0 spiro atoms. The number of carbonyl (C=O) groups is 2. The van der Waals surface area contributed by atoms with Crippen LogP contribution in [0.2, 0.25) is 0 Å². The Hall–Kier alpha value is -1.94. The molecule has 2 aromatic rings. The number of benzene rings is 1. The second kappa shape index (κ2) is 4.38. The Morgan fingerprint density at radius 2 is 2.11 bits per heavy atom. The van der Waals surface area contributed by atoms with Crippen molar-refractivity contribution in [3.63, 3.8) is 0 Å². The minimum absolute atomic E-state index is 0.0632. The van der Waals surface area contributed by atoms with Crippen LogP contribution in [0.25, 0.3) is 11.0 Å². The van der Waals surface area contributed by atoms with Gasteiger partial charge in [-0.2, -0.15) is 0 Å². The second-order valence-corrected chi connectivity index (χ2v) is 4.36. The van der Waals surface area contributed by atoms with Crippen molar-refractivity contribution in [2.45, 2.75) is 6.42 Å². The molecule has 18 heavy (non-hydrogen) atoms. The number of para-hydroxylation sites is 1. The summed E-state index contributed by atoms with van der Waals surface area (Å²) < 4.78 is 10.7. The number of ether oxygens (including phenoxy) is 1. The van der Waals surface area contributed by atoms with Crippen LogP contribution < -0.4 is 0 Å². The molecule has 1 atom stereocenters. The first-order valence-electron chi connectivity index (χ1n) is 5.89. The Balaban J connectivity index is 1.93. The number of ketones is 2. The highest BCUT2D eigenvalue weighted by Crippen LogP contribution is 2.23. The molecule has 1 saturated heterocycles. The van der Waals surface area contributed by atoms with Gasteiger partial charge in [0.2, 0.25) is 5.78 Å². The number of fused-ring (bicyclic) bond motifs is 1. The quantitative estimate of drug-likeness (QED) is 0.600. The third kappa shape index (κ3) is 1.84. The maximum atomic E-state index is 12.2. The summed E-state index contributed by atoms with van der Waals surface area (Å²) in [6, 6.07) is 9.07. The molecule has 0 amide bonds.